The minimum Gasteiger partial charge on any atom is -0.489 e. The van der Waals surface area contributed by atoms with E-state index in [-0.39, 0.29) is 43.4 Å². The molecular weight excluding hydrogens is 404 g/mol. The third-order valence-electron chi connectivity index (χ3n) is 6.30. The van der Waals surface area contributed by atoms with Crippen molar-refractivity contribution in [3.63, 3.8) is 0 Å². The number of ether oxygens (including phenoxy) is 1. The molecule has 0 atom stereocenters. The van der Waals surface area contributed by atoms with Crippen LogP contribution in [0.2, 0.25) is 0 Å². The number of benzene rings is 1. The Bertz CT molecular complexity index is 1120. The van der Waals surface area contributed by atoms with E-state index in [0.717, 1.165) is 30.6 Å². The number of hydrogen-bond acceptors (Lipinski definition) is 4. The molecule has 0 saturated heterocycles. The SMILES string of the molecule is O=C(O)c1cc(OC2CCC(F)(F)CC2)c2c(C3CCC3)nn(-c3ccccc3)c2n1. The standard InChI is InChI=1S/C23H23F2N3O3/c24-23(25)11-9-16(10-12-23)31-18-13-17(22(29)30)26-21-19(18)20(14-5-4-6-14)27-28(21)15-7-2-1-3-8-15/h1-3,7-8,13-14,16H,4-6,9-12H2,(H,29,30). The lowest BCUT2D eigenvalue weighted by molar-refractivity contribution is -0.0580. The Hall–Kier alpha value is -3.03. The highest BCUT2D eigenvalue weighted by Gasteiger charge is 2.37. The van der Waals surface area contributed by atoms with Gasteiger partial charge in [-0.05, 0) is 37.8 Å². The second-order valence-corrected chi connectivity index (χ2v) is 8.44. The molecule has 1 aromatic carbocycles. The topological polar surface area (TPSA) is 77.2 Å². The summed E-state index contributed by atoms with van der Waals surface area (Å²) >= 11 is 0. The average Bonchev–Trinajstić information content (AvgIpc) is 3.08. The van der Waals surface area contributed by atoms with Crippen LogP contribution in [-0.2, 0) is 0 Å². The first-order valence-corrected chi connectivity index (χ1v) is 10.7. The Morgan fingerprint density at radius 2 is 1.84 bits per heavy atom. The predicted octanol–water partition coefficient (Wildman–Crippen LogP) is 5.34. The first kappa shape index (κ1) is 19.9. The Morgan fingerprint density at radius 3 is 2.45 bits per heavy atom. The Morgan fingerprint density at radius 1 is 1.13 bits per heavy atom. The van der Waals surface area contributed by atoms with Gasteiger partial charge in [-0.3, -0.25) is 0 Å². The third kappa shape index (κ3) is 3.75. The van der Waals surface area contributed by atoms with E-state index >= 15 is 0 Å². The average molecular weight is 427 g/mol. The van der Waals surface area contributed by atoms with E-state index in [4.69, 9.17) is 9.84 Å². The number of pyridine rings is 1. The first-order valence-electron chi connectivity index (χ1n) is 10.7. The maximum absolute atomic E-state index is 13.6. The van der Waals surface area contributed by atoms with Gasteiger partial charge in [0.2, 0.25) is 5.92 Å². The zero-order valence-corrected chi connectivity index (χ0v) is 16.9. The van der Waals surface area contributed by atoms with E-state index in [1.807, 2.05) is 30.3 Å². The van der Waals surface area contributed by atoms with Crippen LogP contribution in [0.25, 0.3) is 16.7 Å². The van der Waals surface area contributed by atoms with Crippen molar-refractivity contribution in [1.29, 1.82) is 0 Å². The highest BCUT2D eigenvalue weighted by Crippen LogP contribution is 2.43. The van der Waals surface area contributed by atoms with E-state index in [1.54, 1.807) is 4.68 Å². The van der Waals surface area contributed by atoms with Crippen molar-refractivity contribution in [2.24, 2.45) is 0 Å². The van der Waals surface area contributed by atoms with Crippen LogP contribution in [-0.4, -0.2) is 37.9 Å². The fraction of sp³-hybridized carbons (Fsp3) is 0.435. The normalized spacial score (nSPS) is 19.3. The van der Waals surface area contributed by atoms with Crippen LogP contribution >= 0.6 is 0 Å². The maximum atomic E-state index is 13.6. The Labute approximate surface area is 177 Å². The molecule has 0 aliphatic heterocycles. The predicted molar refractivity (Wildman–Crippen MR) is 110 cm³/mol. The molecule has 2 aromatic heterocycles. The number of nitrogens with zero attached hydrogens (tertiary/aromatic N) is 3. The van der Waals surface area contributed by atoms with Crippen molar-refractivity contribution in [1.82, 2.24) is 14.8 Å². The summed E-state index contributed by atoms with van der Waals surface area (Å²) in [6.07, 6.45) is 2.72. The molecular formula is C23H23F2N3O3. The molecule has 0 bridgehead atoms. The van der Waals surface area contributed by atoms with E-state index in [0.29, 0.717) is 16.8 Å². The molecule has 2 aliphatic rings. The largest absolute Gasteiger partial charge is 0.489 e. The number of halogens is 2. The second kappa shape index (κ2) is 7.59. The molecule has 1 N–H and O–H groups in total. The number of hydrogen-bond donors (Lipinski definition) is 1. The van der Waals surface area contributed by atoms with Crippen molar-refractivity contribution >= 4 is 17.0 Å². The summed E-state index contributed by atoms with van der Waals surface area (Å²) in [5, 5.41) is 15.1. The van der Waals surface area contributed by atoms with Gasteiger partial charge in [0.25, 0.3) is 0 Å². The van der Waals surface area contributed by atoms with Gasteiger partial charge in [0.1, 0.15) is 5.75 Å². The van der Waals surface area contributed by atoms with E-state index in [9.17, 15) is 18.7 Å². The number of carboxylic acid groups (broad SMARTS) is 1. The van der Waals surface area contributed by atoms with E-state index in [2.05, 4.69) is 4.98 Å². The lowest BCUT2D eigenvalue weighted by atomic mass is 9.82. The van der Waals surface area contributed by atoms with Crippen LogP contribution in [0.4, 0.5) is 8.78 Å². The van der Waals surface area contributed by atoms with Gasteiger partial charge in [0, 0.05) is 24.8 Å². The molecule has 8 heteroatoms. The van der Waals surface area contributed by atoms with Crippen molar-refractivity contribution in [3.05, 3.63) is 47.8 Å². The van der Waals surface area contributed by atoms with Gasteiger partial charge < -0.3 is 9.84 Å². The zero-order chi connectivity index (χ0) is 21.6. The molecule has 2 saturated carbocycles. The number of alkyl halides is 2. The van der Waals surface area contributed by atoms with Gasteiger partial charge in [-0.2, -0.15) is 5.10 Å². The molecule has 6 nitrogen and oxygen atoms in total. The van der Waals surface area contributed by atoms with Crippen molar-refractivity contribution in [2.45, 2.75) is 62.9 Å². The molecule has 3 aromatic rings. The summed E-state index contributed by atoms with van der Waals surface area (Å²) in [6.45, 7) is 0. The Balaban J connectivity index is 1.64. The third-order valence-corrected chi connectivity index (χ3v) is 6.30. The number of para-hydroxylation sites is 1. The molecule has 5 rings (SSSR count). The van der Waals surface area contributed by atoms with Crippen molar-refractivity contribution < 1.29 is 23.4 Å². The lowest BCUT2D eigenvalue weighted by Gasteiger charge is -2.29. The lowest BCUT2D eigenvalue weighted by Crippen LogP contribution is -2.30. The minimum atomic E-state index is -2.66. The monoisotopic (exact) mass is 427 g/mol. The Kier molecular flexibility index (Phi) is 4.87. The van der Waals surface area contributed by atoms with Crippen LogP contribution in [0.5, 0.6) is 5.75 Å². The van der Waals surface area contributed by atoms with Crippen LogP contribution in [0.1, 0.15) is 67.0 Å². The van der Waals surface area contributed by atoms with Gasteiger partial charge in [-0.25, -0.2) is 23.2 Å². The molecule has 31 heavy (non-hydrogen) atoms. The molecule has 2 fully saturated rings. The molecule has 162 valence electrons. The summed E-state index contributed by atoms with van der Waals surface area (Å²) in [6, 6.07) is 10.8. The summed E-state index contributed by atoms with van der Waals surface area (Å²) in [5.41, 5.74) is 1.88. The van der Waals surface area contributed by atoms with Crippen molar-refractivity contribution in [2.75, 3.05) is 0 Å². The molecule has 0 spiro atoms. The fourth-order valence-corrected chi connectivity index (χ4v) is 4.34. The number of carbonyl (C=O) groups is 1. The summed E-state index contributed by atoms with van der Waals surface area (Å²) in [7, 11) is 0. The smallest absolute Gasteiger partial charge is 0.354 e. The molecule has 0 radical (unpaired) electrons. The molecule has 0 unspecified atom stereocenters. The van der Waals surface area contributed by atoms with Crippen molar-refractivity contribution in [3.8, 4) is 11.4 Å². The molecule has 2 aliphatic carbocycles. The zero-order valence-electron chi connectivity index (χ0n) is 16.9. The maximum Gasteiger partial charge on any atom is 0.354 e. The summed E-state index contributed by atoms with van der Waals surface area (Å²) in [4.78, 5) is 16.2. The van der Waals surface area contributed by atoms with Gasteiger partial charge in [0.15, 0.2) is 11.3 Å². The van der Waals surface area contributed by atoms with E-state index in [1.165, 1.54) is 6.07 Å². The number of fused-ring (bicyclic) bond motifs is 1. The van der Waals surface area contributed by atoms with Crippen LogP contribution in [0.15, 0.2) is 36.4 Å². The minimum absolute atomic E-state index is 0.152. The molecule has 2 heterocycles. The van der Waals surface area contributed by atoms with Crippen LogP contribution in [0.3, 0.4) is 0 Å². The quantitative estimate of drug-likeness (QED) is 0.595. The van der Waals surface area contributed by atoms with Crippen LogP contribution in [0, 0.1) is 0 Å². The highest BCUT2D eigenvalue weighted by atomic mass is 19.3. The second-order valence-electron chi connectivity index (χ2n) is 8.44. The van der Waals surface area contributed by atoms with E-state index < -0.39 is 11.9 Å². The summed E-state index contributed by atoms with van der Waals surface area (Å²) < 4.78 is 35.0. The summed E-state index contributed by atoms with van der Waals surface area (Å²) in [5.74, 6) is -3.20. The number of carboxylic acids is 1. The van der Waals surface area contributed by atoms with Crippen LogP contribution < -0.4 is 4.74 Å². The highest BCUT2D eigenvalue weighted by molar-refractivity contribution is 5.94. The van der Waals surface area contributed by atoms with Gasteiger partial charge >= 0.3 is 5.97 Å². The number of aromatic nitrogens is 3. The number of aromatic carboxylic acids is 1. The molecule has 0 amide bonds. The van der Waals surface area contributed by atoms with Gasteiger partial charge in [-0.15, -0.1) is 0 Å². The van der Waals surface area contributed by atoms with Gasteiger partial charge in [-0.1, -0.05) is 24.6 Å². The fourth-order valence-electron chi connectivity index (χ4n) is 4.34. The van der Waals surface area contributed by atoms with Gasteiger partial charge in [0.05, 0.1) is 22.9 Å². The first-order chi connectivity index (χ1) is 14.9. The number of rotatable bonds is 5.